The van der Waals surface area contributed by atoms with E-state index in [1.54, 1.807) is 14.2 Å². The van der Waals surface area contributed by atoms with Gasteiger partial charge in [-0.05, 0) is 69.1 Å². The van der Waals surface area contributed by atoms with Gasteiger partial charge in [0.15, 0.2) is 17.5 Å². The van der Waals surface area contributed by atoms with E-state index in [-0.39, 0.29) is 23.1 Å². The second-order valence-electron chi connectivity index (χ2n) is 8.70. The summed E-state index contributed by atoms with van der Waals surface area (Å²) >= 11 is 0. The molecule has 2 aromatic carbocycles. The summed E-state index contributed by atoms with van der Waals surface area (Å²) in [5.74, 6) is 0.305. The third-order valence-corrected chi connectivity index (χ3v) is 6.91. The van der Waals surface area contributed by atoms with Gasteiger partial charge in [0.05, 0.1) is 20.3 Å². The lowest BCUT2D eigenvalue weighted by molar-refractivity contribution is 0.168. The SMILES string of the molecule is COc1ccc([C@@]23CC[C@@H](N=C(N)Nc4cc(F)cc(F)c4)C[C@@H]2N(C)CC3)cc1OC. The highest BCUT2D eigenvalue weighted by Crippen LogP contribution is 2.50. The minimum atomic E-state index is -0.662. The number of benzene rings is 2. The highest BCUT2D eigenvalue weighted by Gasteiger charge is 2.50. The van der Waals surface area contributed by atoms with E-state index in [0.29, 0.717) is 6.04 Å². The van der Waals surface area contributed by atoms with Crippen molar-refractivity contribution in [3.05, 3.63) is 53.6 Å². The molecule has 0 bridgehead atoms. The summed E-state index contributed by atoms with van der Waals surface area (Å²) in [6.45, 7) is 1.01. The topological polar surface area (TPSA) is 72.1 Å². The molecule has 1 heterocycles. The first-order chi connectivity index (χ1) is 15.3. The zero-order chi connectivity index (χ0) is 22.9. The van der Waals surface area contributed by atoms with Crippen LogP contribution in [-0.2, 0) is 5.41 Å². The highest BCUT2D eigenvalue weighted by atomic mass is 19.1. The standard InChI is InChI=1S/C24H30F2N4O2/c1-30-9-8-24(15-4-5-20(31-2)21(10-15)32-3)7-6-18(14-22(24)30)28-23(27)29-19-12-16(25)11-17(26)13-19/h4-5,10-13,18,22H,6-9,14H2,1-3H3,(H3,27,28,29)/t18-,22+,24+/m1/s1. The number of nitrogens with two attached hydrogens (primary N) is 1. The molecule has 8 heteroatoms. The molecule has 0 aromatic heterocycles. The lowest BCUT2D eigenvalue weighted by Crippen LogP contribution is -2.47. The van der Waals surface area contributed by atoms with E-state index in [1.807, 2.05) is 6.07 Å². The van der Waals surface area contributed by atoms with E-state index in [0.717, 1.165) is 49.8 Å². The minimum absolute atomic E-state index is 0.0220. The maximum atomic E-state index is 13.4. The number of ether oxygens (including phenoxy) is 2. The summed E-state index contributed by atoms with van der Waals surface area (Å²) in [6.07, 6.45) is 3.76. The van der Waals surface area contributed by atoms with Crippen LogP contribution in [0.5, 0.6) is 11.5 Å². The molecule has 172 valence electrons. The number of likely N-dealkylation sites (N-methyl/N-ethyl adjacent to an activating group) is 1. The van der Waals surface area contributed by atoms with Crippen molar-refractivity contribution in [1.29, 1.82) is 0 Å². The Morgan fingerprint density at radius 1 is 1.09 bits per heavy atom. The zero-order valence-corrected chi connectivity index (χ0v) is 18.7. The Hall–Kier alpha value is -2.87. The Kier molecular flexibility index (Phi) is 6.24. The first-order valence-corrected chi connectivity index (χ1v) is 10.8. The molecule has 0 unspecified atom stereocenters. The second kappa shape index (κ2) is 8.94. The van der Waals surface area contributed by atoms with Crippen LogP contribution in [0.15, 0.2) is 41.4 Å². The van der Waals surface area contributed by atoms with E-state index in [2.05, 4.69) is 34.4 Å². The van der Waals surface area contributed by atoms with Crippen molar-refractivity contribution in [3.8, 4) is 11.5 Å². The first kappa shape index (κ1) is 22.3. The second-order valence-corrected chi connectivity index (χ2v) is 8.70. The number of halogens is 2. The van der Waals surface area contributed by atoms with Crippen LogP contribution >= 0.6 is 0 Å². The third kappa shape index (κ3) is 4.24. The molecule has 3 atom stereocenters. The Labute approximate surface area is 187 Å². The molecule has 1 saturated heterocycles. The summed E-state index contributed by atoms with van der Waals surface area (Å²) in [4.78, 5) is 7.03. The summed E-state index contributed by atoms with van der Waals surface area (Å²) in [6, 6.07) is 9.76. The molecule has 4 rings (SSSR count). The van der Waals surface area contributed by atoms with Gasteiger partial charge in [0.2, 0.25) is 0 Å². The minimum Gasteiger partial charge on any atom is -0.493 e. The van der Waals surface area contributed by atoms with Crippen molar-refractivity contribution >= 4 is 11.6 Å². The molecule has 2 fully saturated rings. The number of methoxy groups -OCH3 is 2. The number of guanidine groups is 1. The molecule has 6 nitrogen and oxygen atoms in total. The van der Waals surface area contributed by atoms with Crippen molar-refractivity contribution in [2.24, 2.45) is 10.7 Å². The van der Waals surface area contributed by atoms with E-state index >= 15 is 0 Å². The molecular formula is C24H30F2N4O2. The molecule has 32 heavy (non-hydrogen) atoms. The van der Waals surface area contributed by atoms with Gasteiger partial charge in [-0.2, -0.15) is 0 Å². The van der Waals surface area contributed by atoms with Crippen LogP contribution in [0.1, 0.15) is 31.2 Å². The van der Waals surface area contributed by atoms with Crippen LogP contribution in [0.3, 0.4) is 0 Å². The van der Waals surface area contributed by atoms with Crippen LogP contribution in [0, 0.1) is 11.6 Å². The van der Waals surface area contributed by atoms with E-state index < -0.39 is 11.6 Å². The summed E-state index contributed by atoms with van der Waals surface area (Å²) in [7, 11) is 5.45. The van der Waals surface area contributed by atoms with Gasteiger partial charge in [-0.3, -0.25) is 0 Å². The van der Waals surface area contributed by atoms with Gasteiger partial charge in [0.1, 0.15) is 11.6 Å². The van der Waals surface area contributed by atoms with Gasteiger partial charge in [0.25, 0.3) is 0 Å². The monoisotopic (exact) mass is 444 g/mol. The van der Waals surface area contributed by atoms with Gasteiger partial charge in [-0.25, -0.2) is 13.8 Å². The van der Waals surface area contributed by atoms with E-state index in [9.17, 15) is 8.78 Å². The van der Waals surface area contributed by atoms with Crippen LogP contribution in [0.2, 0.25) is 0 Å². The van der Waals surface area contributed by atoms with Crippen molar-refractivity contribution in [2.75, 3.05) is 33.1 Å². The molecule has 1 saturated carbocycles. The molecule has 2 aliphatic rings. The Morgan fingerprint density at radius 3 is 2.50 bits per heavy atom. The number of fused-ring (bicyclic) bond motifs is 1. The normalized spacial score (nSPS) is 26.0. The molecule has 0 spiro atoms. The number of nitrogens with one attached hydrogen (secondary N) is 1. The summed E-state index contributed by atoms with van der Waals surface area (Å²) in [5, 5.41) is 2.81. The Balaban J connectivity index is 1.54. The maximum absolute atomic E-state index is 13.4. The van der Waals surface area contributed by atoms with Crippen molar-refractivity contribution in [1.82, 2.24) is 4.90 Å². The average molecular weight is 445 g/mol. The highest BCUT2D eigenvalue weighted by molar-refractivity contribution is 5.92. The number of rotatable bonds is 5. The fourth-order valence-electron chi connectivity index (χ4n) is 5.36. The number of anilines is 1. The predicted molar refractivity (Wildman–Crippen MR) is 122 cm³/mol. The largest absolute Gasteiger partial charge is 0.493 e. The number of nitrogens with zero attached hydrogens (tertiary/aromatic N) is 2. The van der Waals surface area contributed by atoms with Crippen molar-refractivity contribution in [2.45, 2.75) is 43.2 Å². The maximum Gasteiger partial charge on any atom is 0.193 e. The molecule has 2 aromatic rings. The molecular weight excluding hydrogens is 414 g/mol. The quantitative estimate of drug-likeness (QED) is 0.541. The molecule has 3 N–H and O–H groups in total. The fourth-order valence-corrected chi connectivity index (χ4v) is 5.36. The van der Waals surface area contributed by atoms with Crippen LogP contribution in [0.4, 0.5) is 14.5 Å². The lowest BCUT2D eigenvalue weighted by atomic mass is 9.65. The van der Waals surface area contributed by atoms with Crippen molar-refractivity contribution in [3.63, 3.8) is 0 Å². The van der Waals surface area contributed by atoms with Crippen molar-refractivity contribution < 1.29 is 18.3 Å². The summed E-state index contributed by atoms with van der Waals surface area (Å²) in [5.41, 5.74) is 7.60. The van der Waals surface area contributed by atoms with E-state index in [4.69, 9.17) is 15.2 Å². The Bertz CT molecular complexity index is 995. The fraction of sp³-hybridized carbons (Fsp3) is 0.458. The van der Waals surface area contributed by atoms with Gasteiger partial charge in [0, 0.05) is 23.2 Å². The Morgan fingerprint density at radius 2 is 1.81 bits per heavy atom. The van der Waals surface area contributed by atoms with Gasteiger partial charge in [-0.1, -0.05) is 6.07 Å². The predicted octanol–water partition coefficient (Wildman–Crippen LogP) is 3.90. The smallest absolute Gasteiger partial charge is 0.193 e. The number of hydrogen-bond donors (Lipinski definition) is 2. The van der Waals surface area contributed by atoms with Gasteiger partial charge >= 0.3 is 0 Å². The number of likely N-dealkylation sites (tertiary alicyclic amines) is 1. The van der Waals surface area contributed by atoms with Crippen LogP contribution in [0.25, 0.3) is 0 Å². The molecule has 1 aliphatic carbocycles. The van der Waals surface area contributed by atoms with Crippen LogP contribution < -0.4 is 20.5 Å². The molecule has 1 aliphatic heterocycles. The number of aliphatic imine (C=N–C) groups is 1. The van der Waals surface area contributed by atoms with Gasteiger partial charge < -0.3 is 25.4 Å². The average Bonchev–Trinajstić information content (AvgIpc) is 3.09. The molecule has 0 amide bonds. The first-order valence-electron chi connectivity index (χ1n) is 10.8. The number of hydrogen-bond acceptors (Lipinski definition) is 4. The van der Waals surface area contributed by atoms with Crippen LogP contribution in [-0.4, -0.2) is 50.8 Å². The lowest BCUT2D eigenvalue weighted by Gasteiger charge is -2.44. The van der Waals surface area contributed by atoms with E-state index in [1.165, 1.54) is 17.7 Å². The molecule has 0 radical (unpaired) electrons. The summed E-state index contributed by atoms with van der Waals surface area (Å²) < 4.78 is 37.9. The van der Waals surface area contributed by atoms with Gasteiger partial charge in [-0.15, -0.1) is 0 Å². The third-order valence-electron chi connectivity index (χ3n) is 6.91. The zero-order valence-electron chi connectivity index (χ0n) is 18.7.